The Hall–Kier alpha value is -1.57. The Morgan fingerprint density at radius 2 is 2.28 bits per heavy atom. The van der Waals surface area contributed by atoms with Gasteiger partial charge in [-0.2, -0.15) is 16.7 Å². The number of rotatable bonds is 8. The van der Waals surface area contributed by atoms with Crippen molar-refractivity contribution in [1.82, 2.24) is 9.97 Å². The molecule has 0 fully saturated rings. The van der Waals surface area contributed by atoms with Crippen molar-refractivity contribution in [1.29, 1.82) is 0 Å². The first-order chi connectivity index (χ1) is 8.69. The highest BCUT2D eigenvalue weighted by Crippen LogP contribution is 2.21. The topological polar surface area (TPSA) is 93.0 Å². The number of nitrogens with one attached hydrogen (secondary N) is 2. The van der Waals surface area contributed by atoms with Crippen LogP contribution in [0.5, 0.6) is 0 Å². The summed E-state index contributed by atoms with van der Waals surface area (Å²) in [6.07, 6.45) is 4.18. The molecule has 8 heteroatoms. The molecule has 2 N–H and O–H groups in total. The zero-order valence-electron chi connectivity index (χ0n) is 10.5. The molecule has 0 atom stereocenters. The SMILES string of the molecule is CCNc1ncc([N+](=O)[O-])c(NCCCSC)n1. The Morgan fingerprint density at radius 1 is 1.50 bits per heavy atom. The van der Waals surface area contributed by atoms with E-state index in [2.05, 4.69) is 20.6 Å². The monoisotopic (exact) mass is 271 g/mol. The lowest BCUT2D eigenvalue weighted by Crippen LogP contribution is -2.10. The molecule has 0 aliphatic heterocycles. The highest BCUT2D eigenvalue weighted by Gasteiger charge is 2.16. The molecule has 0 aromatic carbocycles. The third-order valence-corrected chi connectivity index (χ3v) is 2.82. The normalized spacial score (nSPS) is 10.1. The van der Waals surface area contributed by atoms with Crippen LogP contribution in [-0.2, 0) is 0 Å². The van der Waals surface area contributed by atoms with Crippen LogP contribution in [0, 0.1) is 10.1 Å². The fourth-order valence-corrected chi connectivity index (χ4v) is 1.74. The van der Waals surface area contributed by atoms with Gasteiger partial charge in [0.25, 0.3) is 0 Å². The Kier molecular flexibility index (Phi) is 6.20. The van der Waals surface area contributed by atoms with Crippen LogP contribution in [0.15, 0.2) is 6.20 Å². The van der Waals surface area contributed by atoms with Gasteiger partial charge in [-0.1, -0.05) is 0 Å². The molecule has 1 aromatic heterocycles. The first-order valence-corrected chi connectivity index (χ1v) is 7.06. The summed E-state index contributed by atoms with van der Waals surface area (Å²) < 4.78 is 0. The van der Waals surface area contributed by atoms with Crippen LogP contribution >= 0.6 is 11.8 Å². The maximum absolute atomic E-state index is 10.8. The van der Waals surface area contributed by atoms with Crippen LogP contribution in [0.4, 0.5) is 17.5 Å². The molecule has 1 aromatic rings. The Bertz CT molecular complexity index is 402. The smallest absolute Gasteiger partial charge is 0.329 e. The van der Waals surface area contributed by atoms with Gasteiger partial charge < -0.3 is 10.6 Å². The molecule has 0 aliphatic rings. The van der Waals surface area contributed by atoms with Crippen LogP contribution in [0.1, 0.15) is 13.3 Å². The van der Waals surface area contributed by atoms with E-state index in [9.17, 15) is 10.1 Å². The van der Waals surface area contributed by atoms with Gasteiger partial charge in [0.1, 0.15) is 6.20 Å². The fourth-order valence-electron chi connectivity index (χ4n) is 1.31. The second kappa shape index (κ2) is 7.70. The van der Waals surface area contributed by atoms with E-state index in [-0.39, 0.29) is 11.5 Å². The van der Waals surface area contributed by atoms with E-state index in [1.165, 1.54) is 6.20 Å². The number of nitro groups is 1. The minimum atomic E-state index is -0.480. The van der Waals surface area contributed by atoms with E-state index in [1.807, 2.05) is 13.2 Å². The van der Waals surface area contributed by atoms with Crippen LogP contribution < -0.4 is 10.6 Å². The van der Waals surface area contributed by atoms with E-state index < -0.39 is 4.92 Å². The van der Waals surface area contributed by atoms with Crippen molar-refractivity contribution in [2.24, 2.45) is 0 Å². The van der Waals surface area contributed by atoms with Crippen LogP contribution in [0.3, 0.4) is 0 Å². The third kappa shape index (κ3) is 4.36. The zero-order chi connectivity index (χ0) is 13.4. The van der Waals surface area contributed by atoms with Crippen molar-refractivity contribution in [3.05, 3.63) is 16.3 Å². The number of thioether (sulfide) groups is 1. The van der Waals surface area contributed by atoms with Gasteiger partial charge in [0.2, 0.25) is 11.8 Å². The summed E-state index contributed by atoms with van der Waals surface area (Å²) in [5, 5.41) is 16.7. The lowest BCUT2D eigenvalue weighted by molar-refractivity contribution is -0.384. The van der Waals surface area contributed by atoms with Gasteiger partial charge in [-0.15, -0.1) is 0 Å². The predicted molar refractivity (Wildman–Crippen MR) is 74.3 cm³/mol. The average Bonchev–Trinajstić information content (AvgIpc) is 2.35. The van der Waals surface area contributed by atoms with Crippen molar-refractivity contribution in [3.8, 4) is 0 Å². The molecule has 0 saturated carbocycles. The number of hydrogen-bond acceptors (Lipinski definition) is 7. The molecule has 7 nitrogen and oxygen atoms in total. The summed E-state index contributed by atoms with van der Waals surface area (Å²) in [4.78, 5) is 18.3. The van der Waals surface area contributed by atoms with E-state index in [0.717, 1.165) is 12.2 Å². The number of hydrogen-bond donors (Lipinski definition) is 2. The molecule has 0 radical (unpaired) electrons. The van der Waals surface area contributed by atoms with Gasteiger partial charge in [0.15, 0.2) is 0 Å². The fraction of sp³-hybridized carbons (Fsp3) is 0.600. The van der Waals surface area contributed by atoms with Crippen LogP contribution in [0.25, 0.3) is 0 Å². The molecule has 18 heavy (non-hydrogen) atoms. The molecule has 100 valence electrons. The van der Waals surface area contributed by atoms with Crippen LogP contribution in [-0.4, -0.2) is 40.0 Å². The maximum Gasteiger partial charge on any atom is 0.329 e. The molecular weight excluding hydrogens is 254 g/mol. The Balaban J connectivity index is 2.76. The van der Waals surface area contributed by atoms with E-state index in [1.54, 1.807) is 11.8 Å². The van der Waals surface area contributed by atoms with Crippen molar-refractivity contribution >= 4 is 29.2 Å². The van der Waals surface area contributed by atoms with Gasteiger partial charge in [0, 0.05) is 13.1 Å². The molecular formula is C10H17N5O2S. The lowest BCUT2D eigenvalue weighted by atomic mass is 10.4. The summed E-state index contributed by atoms with van der Waals surface area (Å²) in [5.74, 6) is 1.67. The quantitative estimate of drug-likeness (QED) is 0.424. The second-order valence-corrected chi connectivity index (χ2v) is 4.47. The molecule has 0 spiro atoms. The van der Waals surface area contributed by atoms with Crippen LogP contribution in [0.2, 0.25) is 0 Å². The van der Waals surface area contributed by atoms with Crippen molar-refractivity contribution in [3.63, 3.8) is 0 Å². The molecule has 0 aliphatic carbocycles. The number of anilines is 2. The highest BCUT2D eigenvalue weighted by molar-refractivity contribution is 7.98. The average molecular weight is 271 g/mol. The number of aromatic nitrogens is 2. The predicted octanol–water partition coefficient (Wildman–Crippen LogP) is 1.98. The summed E-state index contributed by atoms with van der Waals surface area (Å²) >= 11 is 1.74. The van der Waals surface area contributed by atoms with E-state index in [4.69, 9.17) is 0 Å². The summed E-state index contributed by atoms with van der Waals surface area (Å²) in [7, 11) is 0. The van der Waals surface area contributed by atoms with Crippen molar-refractivity contribution in [2.45, 2.75) is 13.3 Å². The second-order valence-electron chi connectivity index (χ2n) is 3.49. The molecule has 0 amide bonds. The molecule has 0 unspecified atom stereocenters. The first kappa shape index (κ1) is 14.5. The van der Waals surface area contributed by atoms with Crippen molar-refractivity contribution in [2.75, 3.05) is 35.7 Å². The molecule has 1 heterocycles. The summed E-state index contributed by atoms with van der Waals surface area (Å²) in [5.41, 5.74) is -0.0965. The largest absolute Gasteiger partial charge is 0.364 e. The van der Waals surface area contributed by atoms with Gasteiger partial charge >= 0.3 is 5.69 Å². The van der Waals surface area contributed by atoms with Gasteiger partial charge in [-0.25, -0.2) is 4.98 Å². The summed E-state index contributed by atoms with van der Waals surface area (Å²) in [6.45, 7) is 3.24. The first-order valence-electron chi connectivity index (χ1n) is 5.67. The zero-order valence-corrected chi connectivity index (χ0v) is 11.3. The molecule has 0 saturated heterocycles. The highest BCUT2D eigenvalue weighted by atomic mass is 32.2. The minimum Gasteiger partial charge on any atom is -0.364 e. The maximum atomic E-state index is 10.8. The van der Waals surface area contributed by atoms with Gasteiger partial charge in [0.05, 0.1) is 4.92 Å². The number of nitrogens with zero attached hydrogens (tertiary/aromatic N) is 3. The Morgan fingerprint density at radius 3 is 2.89 bits per heavy atom. The van der Waals surface area contributed by atoms with E-state index >= 15 is 0 Å². The van der Waals surface area contributed by atoms with Crippen molar-refractivity contribution < 1.29 is 4.92 Å². The molecule has 0 bridgehead atoms. The van der Waals surface area contributed by atoms with Gasteiger partial charge in [-0.05, 0) is 25.4 Å². The minimum absolute atomic E-state index is 0.0965. The van der Waals surface area contributed by atoms with Gasteiger partial charge in [-0.3, -0.25) is 10.1 Å². The van der Waals surface area contributed by atoms with E-state index in [0.29, 0.717) is 19.0 Å². The Labute approximate surface area is 110 Å². The standard InChI is InChI=1S/C10H17N5O2S/c1-3-11-10-13-7-8(15(16)17)9(14-10)12-5-4-6-18-2/h7H,3-6H2,1-2H3,(H2,11,12,13,14). The molecule has 1 rings (SSSR count). The lowest BCUT2D eigenvalue weighted by Gasteiger charge is -2.07. The summed E-state index contributed by atoms with van der Waals surface area (Å²) in [6, 6.07) is 0. The third-order valence-electron chi connectivity index (χ3n) is 2.12.